The molecule has 0 saturated carbocycles. The number of fused-ring (bicyclic) bond motifs is 1. The van der Waals surface area contributed by atoms with Crippen LogP contribution in [0, 0.1) is 11.2 Å². The zero-order valence-electron chi connectivity index (χ0n) is 10.8. The highest BCUT2D eigenvalue weighted by Gasteiger charge is 2.26. The second-order valence-corrected chi connectivity index (χ2v) is 5.03. The quantitative estimate of drug-likeness (QED) is 0.818. The van der Waals surface area contributed by atoms with Crippen molar-refractivity contribution in [2.24, 2.45) is 0 Å². The number of hydrogen-bond donors (Lipinski definition) is 2. The monoisotopic (exact) mass is 300 g/mol. The Kier molecular flexibility index (Phi) is 3.31. The second-order valence-electron chi connectivity index (χ2n) is 4.60. The van der Waals surface area contributed by atoms with Crippen LogP contribution in [0.2, 0.25) is 5.02 Å². The Morgan fingerprint density at radius 1 is 1.19 bits per heavy atom. The molecular weight excluding hydrogens is 291 g/mol. The van der Waals surface area contributed by atoms with Gasteiger partial charge in [0.15, 0.2) is 0 Å². The Morgan fingerprint density at radius 2 is 1.90 bits per heavy atom. The van der Waals surface area contributed by atoms with Crippen molar-refractivity contribution in [1.82, 2.24) is 5.32 Å². The number of benzene rings is 2. The topological polar surface area (TPSA) is 53.0 Å². The molecule has 0 aromatic heterocycles. The summed E-state index contributed by atoms with van der Waals surface area (Å²) in [4.78, 5) is 11.8. The highest BCUT2D eigenvalue weighted by Crippen LogP contribution is 2.27. The van der Waals surface area contributed by atoms with Crippen LogP contribution >= 0.6 is 11.6 Å². The van der Waals surface area contributed by atoms with Crippen molar-refractivity contribution in [3.05, 3.63) is 76.1 Å². The Hall–Kier alpha value is -2.46. The van der Waals surface area contributed by atoms with Crippen LogP contribution < -0.4 is 5.32 Å². The summed E-state index contributed by atoms with van der Waals surface area (Å²) in [6.07, 6.45) is 1.44. The van der Waals surface area contributed by atoms with Gasteiger partial charge >= 0.3 is 0 Å². The molecule has 0 fully saturated rings. The summed E-state index contributed by atoms with van der Waals surface area (Å²) in [6, 6.07) is 11.1. The minimum Gasteiger partial charge on any atom is -0.321 e. The fourth-order valence-corrected chi connectivity index (χ4v) is 2.33. The lowest BCUT2D eigenvalue weighted by Crippen LogP contribution is -2.13. The fraction of sp³-hybridized carbons (Fsp3) is 0. The van der Waals surface area contributed by atoms with Crippen LogP contribution in [0.1, 0.15) is 21.5 Å². The summed E-state index contributed by atoms with van der Waals surface area (Å²) in [5.74, 6) is -0.847. The van der Waals surface area contributed by atoms with Crippen LogP contribution in [-0.2, 0) is 0 Å². The molecule has 0 spiro atoms. The van der Waals surface area contributed by atoms with Crippen LogP contribution in [0.15, 0.2) is 48.5 Å². The Bertz CT molecular complexity index is 781. The number of halogens is 2. The van der Waals surface area contributed by atoms with Crippen LogP contribution in [0.25, 0.3) is 5.70 Å². The Morgan fingerprint density at radius 3 is 2.62 bits per heavy atom. The zero-order valence-corrected chi connectivity index (χ0v) is 11.5. The third kappa shape index (κ3) is 2.45. The van der Waals surface area contributed by atoms with Crippen LogP contribution in [0.5, 0.6) is 0 Å². The van der Waals surface area contributed by atoms with E-state index in [4.69, 9.17) is 17.0 Å². The van der Waals surface area contributed by atoms with Crippen LogP contribution in [-0.4, -0.2) is 11.6 Å². The molecule has 3 rings (SSSR count). The molecule has 2 N–H and O–H groups in total. The summed E-state index contributed by atoms with van der Waals surface area (Å²) in [5.41, 5.74) is 1.59. The van der Waals surface area contributed by atoms with Gasteiger partial charge in [-0.3, -0.25) is 4.79 Å². The van der Waals surface area contributed by atoms with Gasteiger partial charge in [-0.15, -0.1) is 0 Å². The maximum Gasteiger partial charge on any atom is 0.256 e. The highest BCUT2D eigenvalue weighted by atomic mass is 35.5. The van der Waals surface area contributed by atoms with Crippen LogP contribution in [0.3, 0.4) is 0 Å². The van der Waals surface area contributed by atoms with Crippen molar-refractivity contribution >= 4 is 28.9 Å². The number of allylic oxidation sites excluding steroid dienone is 1. The van der Waals surface area contributed by atoms with Gasteiger partial charge in [0.2, 0.25) is 0 Å². The van der Waals surface area contributed by atoms with Gasteiger partial charge in [0, 0.05) is 10.6 Å². The van der Waals surface area contributed by atoms with E-state index < -0.39 is 5.82 Å². The molecule has 0 radical (unpaired) electrons. The Labute approximate surface area is 125 Å². The third-order valence-electron chi connectivity index (χ3n) is 3.22. The number of amides is 1. The first-order chi connectivity index (χ1) is 10.1. The van der Waals surface area contributed by atoms with Gasteiger partial charge in [-0.25, -0.2) is 4.39 Å². The van der Waals surface area contributed by atoms with Gasteiger partial charge in [-0.1, -0.05) is 29.8 Å². The van der Waals surface area contributed by atoms with Gasteiger partial charge in [0.05, 0.1) is 17.0 Å². The molecule has 5 heteroatoms. The smallest absolute Gasteiger partial charge is 0.256 e. The first-order valence-corrected chi connectivity index (χ1v) is 6.60. The molecule has 0 aliphatic carbocycles. The summed E-state index contributed by atoms with van der Waals surface area (Å²) < 4.78 is 13.9. The summed E-state index contributed by atoms with van der Waals surface area (Å²) >= 11 is 5.80. The average molecular weight is 301 g/mol. The average Bonchev–Trinajstić information content (AvgIpc) is 2.77. The lowest BCUT2D eigenvalue weighted by Gasteiger charge is -2.03. The van der Waals surface area contributed by atoms with E-state index in [0.717, 1.165) is 0 Å². The van der Waals surface area contributed by atoms with E-state index in [0.29, 0.717) is 16.3 Å². The first-order valence-electron chi connectivity index (χ1n) is 6.22. The molecule has 3 nitrogen and oxygen atoms in total. The molecule has 1 aliphatic heterocycles. The molecule has 0 bridgehead atoms. The van der Waals surface area contributed by atoms with Gasteiger partial charge in [0.1, 0.15) is 5.82 Å². The van der Waals surface area contributed by atoms with E-state index in [1.54, 1.807) is 30.3 Å². The number of carbonyl (C=O) groups excluding carboxylic acids is 1. The SMILES string of the molecule is N=C(/C=C1\NC(=O)c2cccc(F)c21)c1ccc(Cl)cc1. The predicted molar refractivity (Wildman–Crippen MR) is 80.1 cm³/mol. The van der Waals surface area contributed by atoms with Gasteiger partial charge < -0.3 is 10.7 Å². The normalized spacial score (nSPS) is 15.0. The van der Waals surface area contributed by atoms with Crippen molar-refractivity contribution < 1.29 is 9.18 Å². The van der Waals surface area contributed by atoms with E-state index in [1.807, 2.05) is 0 Å². The van der Waals surface area contributed by atoms with Crippen molar-refractivity contribution in [2.75, 3.05) is 0 Å². The van der Waals surface area contributed by atoms with Crippen molar-refractivity contribution in [3.8, 4) is 0 Å². The third-order valence-corrected chi connectivity index (χ3v) is 3.47. The Balaban J connectivity index is 2.01. The lowest BCUT2D eigenvalue weighted by molar-refractivity contribution is 0.0981. The zero-order chi connectivity index (χ0) is 15.0. The minimum atomic E-state index is -0.485. The maximum atomic E-state index is 13.9. The van der Waals surface area contributed by atoms with Gasteiger partial charge in [-0.05, 0) is 35.9 Å². The number of hydrogen-bond acceptors (Lipinski definition) is 2. The molecule has 1 heterocycles. The lowest BCUT2D eigenvalue weighted by atomic mass is 10.0. The molecule has 2 aromatic carbocycles. The number of rotatable bonds is 2. The van der Waals surface area contributed by atoms with E-state index in [2.05, 4.69) is 5.32 Å². The molecule has 104 valence electrons. The van der Waals surface area contributed by atoms with E-state index in [-0.39, 0.29) is 22.7 Å². The number of carbonyl (C=O) groups is 1. The standard InChI is InChI=1S/C16H10ClFN2O/c17-10-6-4-9(5-7-10)13(19)8-14-15-11(16(21)20-14)2-1-3-12(15)18/h1-8,19H,(H,20,21)/b14-8-,19-13?. The van der Waals surface area contributed by atoms with Crippen molar-refractivity contribution in [1.29, 1.82) is 5.41 Å². The molecule has 0 atom stereocenters. The highest BCUT2D eigenvalue weighted by molar-refractivity contribution is 6.30. The predicted octanol–water partition coefficient (Wildman–Crippen LogP) is 3.63. The molecule has 1 amide bonds. The second kappa shape index (κ2) is 5.14. The fourth-order valence-electron chi connectivity index (χ4n) is 2.20. The van der Waals surface area contributed by atoms with Gasteiger partial charge in [0.25, 0.3) is 5.91 Å². The largest absolute Gasteiger partial charge is 0.321 e. The molecule has 2 aromatic rings. The van der Waals surface area contributed by atoms with Crippen LogP contribution in [0.4, 0.5) is 4.39 Å². The molecular formula is C16H10ClFN2O. The molecule has 1 aliphatic rings. The minimum absolute atomic E-state index is 0.165. The maximum absolute atomic E-state index is 13.9. The molecule has 0 saturated heterocycles. The van der Waals surface area contributed by atoms with Crippen molar-refractivity contribution in [2.45, 2.75) is 0 Å². The van der Waals surface area contributed by atoms with Gasteiger partial charge in [-0.2, -0.15) is 0 Å². The summed E-state index contributed by atoms with van der Waals surface area (Å²) in [7, 11) is 0. The summed E-state index contributed by atoms with van der Waals surface area (Å²) in [5, 5.41) is 11.2. The molecule has 0 unspecified atom stereocenters. The summed E-state index contributed by atoms with van der Waals surface area (Å²) in [6.45, 7) is 0. The molecule has 21 heavy (non-hydrogen) atoms. The first kappa shape index (κ1) is 13.5. The van der Waals surface area contributed by atoms with Crippen molar-refractivity contribution in [3.63, 3.8) is 0 Å². The van der Waals surface area contributed by atoms with E-state index in [1.165, 1.54) is 18.2 Å². The number of nitrogens with one attached hydrogen (secondary N) is 2. The van der Waals surface area contributed by atoms with E-state index in [9.17, 15) is 9.18 Å². The van der Waals surface area contributed by atoms with E-state index >= 15 is 0 Å².